The predicted octanol–water partition coefficient (Wildman–Crippen LogP) is 2.66. The third-order valence-corrected chi connectivity index (χ3v) is 1.08. The van der Waals surface area contributed by atoms with E-state index in [0.717, 1.165) is 0 Å². The fourth-order valence-electron chi connectivity index (χ4n) is 0.441. The van der Waals surface area contributed by atoms with E-state index in [4.69, 9.17) is 16.7 Å². The molecule has 0 saturated heterocycles. The first kappa shape index (κ1) is 9.04. The summed E-state index contributed by atoms with van der Waals surface area (Å²) in [5.74, 6) is 0.245. The molecule has 0 aliphatic rings. The molecular weight excluding hydrogens is 250 g/mol. The van der Waals surface area contributed by atoms with Crippen molar-refractivity contribution in [1.29, 1.82) is 0 Å². The lowest BCUT2D eigenvalue weighted by atomic mass is 10.3. The van der Waals surface area contributed by atoms with Gasteiger partial charge in [-0.25, -0.2) is 0 Å². The number of hydrogen-bond acceptors (Lipinski definition) is 1. The molecule has 0 fully saturated rings. The number of phenols is 1. The minimum Gasteiger partial charge on any atom is -0.508 e. The van der Waals surface area contributed by atoms with Gasteiger partial charge >= 0.3 is 0 Å². The van der Waals surface area contributed by atoms with Crippen LogP contribution in [-0.2, 0) is 0 Å². The molecule has 0 aromatic heterocycles. The van der Waals surface area contributed by atoms with Crippen LogP contribution in [0, 0.1) is 0 Å². The molecule has 3 heteroatoms. The Kier molecular flexibility index (Phi) is 3.97. The summed E-state index contributed by atoms with van der Waals surface area (Å²) < 4.78 is 0. The number of benzene rings is 1. The molecule has 0 unspecified atom stereocenters. The zero-order chi connectivity index (χ0) is 5.98. The van der Waals surface area contributed by atoms with Gasteiger partial charge in [-0.15, -0.1) is 24.0 Å². The van der Waals surface area contributed by atoms with Crippen molar-refractivity contribution in [2.24, 2.45) is 0 Å². The van der Waals surface area contributed by atoms with Crippen LogP contribution in [-0.4, -0.2) is 5.11 Å². The van der Waals surface area contributed by atoms with Crippen molar-refractivity contribution in [3.8, 4) is 5.75 Å². The number of hydrogen-bond donors (Lipinski definition) is 1. The Labute approximate surface area is 75.7 Å². The lowest BCUT2D eigenvalue weighted by Crippen LogP contribution is -1.61. The Morgan fingerprint density at radius 1 is 1.11 bits per heavy atom. The van der Waals surface area contributed by atoms with Crippen LogP contribution in [0.5, 0.6) is 5.75 Å². The lowest BCUT2D eigenvalue weighted by Gasteiger charge is -1.87. The summed E-state index contributed by atoms with van der Waals surface area (Å²) >= 11 is 5.50. The molecule has 0 atom stereocenters. The average molecular weight is 256 g/mol. The molecule has 50 valence electrons. The van der Waals surface area contributed by atoms with Gasteiger partial charge in [0, 0.05) is 5.02 Å². The highest BCUT2D eigenvalue weighted by Crippen LogP contribution is 2.12. The molecule has 0 saturated carbocycles. The molecule has 0 spiro atoms. The topological polar surface area (TPSA) is 20.2 Å². The van der Waals surface area contributed by atoms with Crippen molar-refractivity contribution in [3.63, 3.8) is 0 Å². The third kappa shape index (κ3) is 2.91. The Morgan fingerprint density at radius 2 is 1.56 bits per heavy atom. The molecule has 1 aromatic carbocycles. The zero-order valence-corrected chi connectivity index (χ0v) is 7.63. The van der Waals surface area contributed by atoms with Crippen LogP contribution in [0.4, 0.5) is 0 Å². The van der Waals surface area contributed by atoms with E-state index in [1.807, 2.05) is 0 Å². The van der Waals surface area contributed by atoms with Crippen molar-refractivity contribution in [1.82, 2.24) is 0 Å². The fourth-order valence-corrected chi connectivity index (χ4v) is 0.567. The molecule has 0 heterocycles. The molecule has 0 radical (unpaired) electrons. The summed E-state index contributed by atoms with van der Waals surface area (Å²) in [4.78, 5) is 0. The number of aromatic hydroxyl groups is 1. The summed E-state index contributed by atoms with van der Waals surface area (Å²) in [7, 11) is 0. The standard InChI is InChI=1S/C6H5ClO.HI/c7-5-1-3-6(8)4-2-5;/h1-4,8H;1H. The first-order valence-electron chi connectivity index (χ1n) is 2.23. The highest BCUT2D eigenvalue weighted by Gasteiger charge is 1.84. The van der Waals surface area contributed by atoms with Gasteiger partial charge in [0.05, 0.1) is 0 Å². The monoisotopic (exact) mass is 256 g/mol. The molecule has 0 aliphatic heterocycles. The van der Waals surface area contributed by atoms with Gasteiger partial charge in [0.1, 0.15) is 5.75 Å². The summed E-state index contributed by atoms with van der Waals surface area (Å²) in [6.45, 7) is 0. The number of halogens is 2. The molecular formula is C6H6ClIO. The van der Waals surface area contributed by atoms with E-state index in [-0.39, 0.29) is 29.7 Å². The van der Waals surface area contributed by atoms with E-state index in [1.54, 1.807) is 24.3 Å². The van der Waals surface area contributed by atoms with Gasteiger partial charge in [-0.3, -0.25) is 0 Å². The Bertz CT molecular complexity index is 152. The first-order valence-corrected chi connectivity index (χ1v) is 2.61. The highest BCUT2D eigenvalue weighted by atomic mass is 127. The Hall–Kier alpha value is 0.0400. The quantitative estimate of drug-likeness (QED) is 0.708. The van der Waals surface area contributed by atoms with E-state index in [9.17, 15) is 0 Å². The maximum Gasteiger partial charge on any atom is 0.115 e. The fraction of sp³-hybridized carbons (Fsp3) is 0. The van der Waals surface area contributed by atoms with E-state index in [2.05, 4.69) is 0 Å². The molecule has 9 heavy (non-hydrogen) atoms. The summed E-state index contributed by atoms with van der Waals surface area (Å²) in [6, 6.07) is 6.36. The van der Waals surface area contributed by atoms with Crippen molar-refractivity contribution in [2.75, 3.05) is 0 Å². The van der Waals surface area contributed by atoms with Crippen molar-refractivity contribution in [2.45, 2.75) is 0 Å². The van der Waals surface area contributed by atoms with Crippen molar-refractivity contribution < 1.29 is 5.11 Å². The van der Waals surface area contributed by atoms with Gasteiger partial charge in [0.2, 0.25) is 0 Å². The molecule has 0 amide bonds. The Balaban J connectivity index is 0.000000640. The van der Waals surface area contributed by atoms with E-state index >= 15 is 0 Å². The second kappa shape index (κ2) is 3.95. The summed E-state index contributed by atoms with van der Waals surface area (Å²) in [6.07, 6.45) is 0. The number of rotatable bonds is 0. The molecule has 0 aliphatic carbocycles. The maximum atomic E-state index is 8.70. The third-order valence-electron chi connectivity index (χ3n) is 0.827. The minimum absolute atomic E-state index is 0. The normalized spacial score (nSPS) is 8.11. The van der Waals surface area contributed by atoms with E-state index < -0.39 is 0 Å². The van der Waals surface area contributed by atoms with Crippen LogP contribution in [0.2, 0.25) is 5.02 Å². The van der Waals surface area contributed by atoms with Gasteiger partial charge in [0.25, 0.3) is 0 Å². The summed E-state index contributed by atoms with van der Waals surface area (Å²) in [5.41, 5.74) is 0. The SMILES string of the molecule is I.Oc1ccc(Cl)cc1. The molecule has 1 N–H and O–H groups in total. The van der Waals surface area contributed by atoms with Gasteiger partial charge in [-0.1, -0.05) is 11.6 Å². The van der Waals surface area contributed by atoms with E-state index in [0.29, 0.717) is 5.02 Å². The highest BCUT2D eigenvalue weighted by molar-refractivity contribution is 14.0. The molecule has 1 rings (SSSR count). The number of phenolic OH excluding ortho intramolecular Hbond substituents is 1. The lowest BCUT2D eigenvalue weighted by molar-refractivity contribution is 0.475. The van der Waals surface area contributed by atoms with Crippen LogP contribution in [0.1, 0.15) is 0 Å². The molecule has 1 nitrogen and oxygen atoms in total. The average Bonchev–Trinajstić information content (AvgIpc) is 1.77. The first-order chi connectivity index (χ1) is 3.79. The maximum absolute atomic E-state index is 8.70. The van der Waals surface area contributed by atoms with Crippen LogP contribution < -0.4 is 0 Å². The van der Waals surface area contributed by atoms with E-state index in [1.165, 1.54) is 0 Å². The van der Waals surface area contributed by atoms with Crippen LogP contribution in [0.25, 0.3) is 0 Å². The van der Waals surface area contributed by atoms with Gasteiger partial charge in [-0.05, 0) is 24.3 Å². The zero-order valence-electron chi connectivity index (χ0n) is 4.54. The summed E-state index contributed by atoms with van der Waals surface area (Å²) in [5, 5.41) is 9.34. The van der Waals surface area contributed by atoms with Crippen molar-refractivity contribution in [3.05, 3.63) is 29.3 Å². The second-order valence-electron chi connectivity index (χ2n) is 1.48. The van der Waals surface area contributed by atoms with Crippen LogP contribution in [0.15, 0.2) is 24.3 Å². The van der Waals surface area contributed by atoms with Gasteiger partial charge in [0.15, 0.2) is 0 Å². The van der Waals surface area contributed by atoms with Crippen LogP contribution >= 0.6 is 35.6 Å². The van der Waals surface area contributed by atoms with Crippen LogP contribution in [0.3, 0.4) is 0 Å². The Morgan fingerprint density at radius 3 is 1.89 bits per heavy atom. The second-order valence-corrected chi connectivity index (χ2v) is 1.91. The molecule has 0 bridgehead atoms. The van der Waals surface area contributed by atoms with Gasteiger partial charge < -0.3 is 5.11 Å². The minimum atomic E-state index is 0. The smallest absolute Gasteiger partial charge is 0.115 e. The largest absolute Gasteiger partial charge is 0.508 e. The predicted molar refractivity (Wildman–Crippen MR) is 48.5 cm³/mol. The van der Waals surface area contributed by atoms with Crippen molar-refractivity contribution >= 4 is 35.6 Å². The van der Waals surface area contributed by atoms with Gasteiger partial charge in [-0.2, -0.15) is 0 Å². The molecule has 1 aromatic rings.